The van der Waals surface area contributed by atoms with Gasteiger partial charge >= 0.3 is 11.9 Å². The zero-order chi connectivity index (χ0) is 34.1. The van der Waals surface area contributed by atoms with Gasteiger partial charge in [0.1, 0.15) is 12.1 Å². The molecule has 0 aliphatic carbocycles. The molecule has 0 aromatic heterocycles. The predicted octanol–water partition coefficient (Wildman–Crippen LogP) is 7.03. The van der Waals surface area contributed by atoms with Gasteiger partial charge in [0.15, 0.2) is 0 Å². The van der Waals surface area contributed by atoms with Crippen LogP contribution in [0.15, 0.2) is 60.8 Å². The number of carbonyl (C=O) groups excluding carboxylic acids is 3. The first kappa shape index (κ1) is 42.5. The molecular weight excluding hydrogens is 584 g/mol. The summed E-state index contributed by atoms with van der Waals surface area (Å²) in [6, 6.07) is -1.40. The van der Waals surface area contributed by atoms with E-state index in [1.54, 1.807) is 0 Å². The third-order valence-corrected chi connectivity index (χ3v) is 7.03. The van der Waals surface area contributed by atoms with Crippen molar-refractivity contribution in [1.29, 1.82) is 0 Å². The van der Waals surface area contributed by atoms with Crippen LogP contribution in [0.3, 0.4) is 0 Å². The van der Waals surface area contributed by atoms with Gasteiger partial charge < -0.3 is 25.6 Å². The minimum absolute atomic E-state index is 0.112. The van der Waals surface area contributed by atoms with E-state index >= 15 is 0 Å². The Morgan fingerprint density at radius 2 is 1.24 bits per heavy atom. The smallest absolute Gasteiger partial charge is 0.328 e. The van der Waals surface area contributed by atoms with E-state index in [2.05, 4.69) is 85.2 Å². The number of unbranched alkanes of at least 4 members (excludes halogenated alkanes) is 5. The topological polar surface area (TPSA) is 142 Å². The van der Waals surface area contributed by atoms with Crippen LogP contribution in [-0.2, 0) is 23.9 Å². The molecule has 0 aliphatic rings. The van der Waals surface area contributed by atoms with Crippen LogP contribution in [0.4, 0.5) is 0 Å². The van der Waals surface area contributed by atoms with Crippen molar-refractivity contribution in [3.05, 3.63) is 60.8 Å². The summed E-state index contributed by atoms with van der Waals surface area (Å²) in [5.41, 5.74) is 0. The average molecular weight is 645 g/mol. The number of nitrogens with one attached hydrogen (secondary N) is 2. The molecule has 2 amide bonds. The summed E-state index contributed by atoms with van der Waals surface area (Å²) in [5.74, 6) is -2.48. The maximum atomic E-state index is 12.5. The summed E-state index contributed by atoms with van der Waals surface area (Å²) < 4.78 is 5.81. The van der Waals surface area contributed by atoms with Gasteiger partial charge in [0.25, 0.3) is 0 Å². The molecule has 0 aromatic carbocycles. The molecule has 0 spiro atoms. The fourth-order valence-electron chi connectivity index (χ4n) is 4.39. The van der Waals surface area contributed by atoms with Crippen molar-refractivity contribution >= 4 is 23.8 Å². The van der Waals surface area contributed by atoms with E-state index < -0.39 is 24.5 Å². The lowest BCUT2D eigenvalue weighted by molar-refractivity contribution is -0.150. The molecule has 9 nitrogen and oxygen atoms in total. The SMILES string of the molecule is CC/C=C\C/C=C\C/C=C\C/C=C\C/C=C\CCCC(=O)OC(CCCCC)CCCCCC(=O)NCC(=O)NC(CO)C(=O)O. The van der Waals surface area contributed by atoms with E-state index in [-0.39, 0.29) is 30.9 Å². The van der Waals surface area contributed by atoms with E-state index in [1.165, 1.54) is 0 Å². The Kier molecular flexibility index (Phi) is 29.1. The minimum Gasteiger partial charge on any atom is -0.480 e. The summed E-state index contributed by atoms with van der Waals surface area (Å²) in [5, 5.41) is 22.4. The highest BCUT2D eigenvalue weighted by Crippen LogP contribution is 2.16. The van der Waals surface area contributed by atoms with Gasteiger partial charge in [0.2, 0.25) is 11.8 Å². The second kappa shape index (κ2) is 31.5. The van der Waals surface area contributed by atoms with E-state index in [1.807, 2.05) is 0 Å². The van der Waals surface area contributed by atoms with Crippen LogP contribution < -0.4 is 10.6 Å². The third kappa shape index (κ3) is 28.0. The fraction of sp³-hybridized carbons (Fsp3) is 0.622. The molecule has 2 atom stereocenters. The summed E-state index contributed by atoms with van der Waals surface area (Å²) in [7, 11) is 0. The van der Waals surface area contributed by atoms with Crippen molar-refractivity contribution in [2.24, 2.45) is 0 Å². The van der Waals surface area contributed by atoms with Crippen LogP contribution >= 0.6 is 0 Å². The van der Waals surface area contributed by atoms with Crippen LogP contribution in [-0.4, -0.2) is 59.3 Å². The molecule has 0 saturated carbocycles. The highest BCUT2D eigenvalue weighted by atomic mass is 16.5. The molecule has 4 N–H and O–H groups in total. The standard InChI is InChI=1S/C37H60N2O7/c1-3-5-7-8-9-10-11-12-13-14-15-16-17-18-19-20-25-29-36(43)46-32(26-22-6-4-2)27-23-21-24-28-34(41)38-30-35(42)39-33(31-40)37(44)45/h5,7,9-10,12-13,15-16,18-19,32-33,40H,3-4,6,8,11,14,17,20-31H2,1-2H3,(H,38,41)(H,39,42)(H,44,45)/b7-5-,10-9-,13-12-,16-15-,19-18-. The van der Waals surface area contributed by atoms with Crippen molar-refractivity contribution in [2.75, 3.05) is 13.2 Å². The number of carbonyl (C=O) groups is 4. The molecular formula is C37H60N2O7. The zero-order valence-corrected chi connectivity index (χ0v) is 28.3. The van der Waals surface area contributed by atoms with Gasteiger partial charge in [-0.2, -0.15) is 0 Å². The minimum atomic E-state index is -1.40. The molecule has 0 heterocycles. The Hall–Kier alpha value is -3.46. The summed E-state index contributed by atoms with van der Waals surface area (Å²) >= 11 is 0. The highest BCUT2D eigenvalue weighted by Gasteiger charge is 2.19. The number of allylic oxidation sites excluding steroid dienone is 10. The Morgan fingerprint density at radius 3 is 1.78 bits per heavy atom. The Labute approximate surface area is 277 Å². The molecule has 2 unspecified atom stereocenters. The lowest BCUT2D eigenvalue weighted by Gasteiger charge is -2.18. The Bertz CT molecular complexity index is 969. The number of rotatable bonds is 29. The molecule has 0 bridgehead atoms. The average Bonchev–Trinajstić information content (AvgIpc) is 3.03. The molecule has 0 saturated heterocycles. The maximum absolute atomic E-state index is 12.5. The first-order valence-corrected chi connectivity index (χ1v) is 17.2. The van der Waals surface area contributed by atoms with E-state index in [0.29, 0.717) is 12.8 Å². The van der Waals surface area contributed by atoms with Crippen LogP contribution in [0.2, 0.25) is 0 Å². The van der Waals surface area contributed by atoms with Crippen molar-refractivity contribution in [2.45, 2.75) is 135 Å². The molecule has 260 valence electrons. The van der Waals surface area contributed by atoms with Crippen LogP contribution in [0, 0.1) is 0 Å². The normalized spacial score (nSPS) is 13.3. The highest BCUT2D eigenvalue weighted by molar-refractivity contribution is 5.87. The van der Waals surface area contributed by atoms with Gasteiger partial charge in [-0.05, 0) is 77.0 Å². The monoisotopic (exact) mass is 644 g/mol. The van der Waals surface area contributed by atoms with Gasteiger partial charge in [-0.25, -0.2) is 4.79 Å². The van der Waals surface area contributed by atoms with E-state index in [9.17, 15) is 19.2 Å². The number of carboxylic acid groups (broad SMARTS) is 1. The van der Waals surface area contributed by atoms with Gasteiger partial charge in [-0.1, -0.05) is 93.9 Å². The van der Waals surface area contributed by atoms with Gasteiger partial charge in [-0.3, -0.25) is 14.4 Å². The number of ether oxygens (including phenoxy) is 1. The van der Waals surface area contributed by atoms with Gasteiger partial charge in [0, 0.05) is 12.8 Å². The number of aliphatic hydroxyl groups excluding tert-OH is 1. The van der Waals surface area contributed by atoms with Crippen LogP contribution in [0.1, 0.15) is 123 Å². The number of amides is 2. The first-order chi connectivity index (χ1) is 22.3. The van der Waals surface area contributed by atoms with Crippen molar-refractivity contribution in [3.63, 3.8) is 0 Å². The second-order valence-corrected chi connectivity index (χ2v) is 11.2. The quantitative estimate of drug-likeness (QED) is 0.0389. The number of hydrogen-bond donors (Lipinski definition) is 4. The van der Waals surface area contributed by atoms with E-state index in [0.717, 1.165) is 89.9 Å². The fourth-order valence-corrected chi connectivity index (χ4v) is 4.39. The zero-order valence-electron chi connectivity index (χ0n) is 28.3. The maximum Gasteiger partial charge on any atom is 0.328 e. The first-order valence-electron chi connectivity index (χ1n) is 17.2. The van der Waals surface area contributed by atoms with Crippen molar-refractivity contribution in [3.8, 4) is 0 Å². The summed E-state index contributed by atoms with van der Waals surface area (Å²) in [6.07, 6.45) is 35.7. The molecule has 9 heteroatoms. The van der Waals surface area contributed by atoms with Crippen LogP contribution in [0.5, 0.6) is 0 Å². The van der Waals surface area contributed by atoms with Gasteiger partial charge in [-0.15, -0.1) is 0 Å². The molecule has 0 aliphatic heterocycles. The van der Waals surface area contributed by atoms with Crippen molar-refractivity contribution < 1.29 is 34.1 Å². The second-order valence-electron chi connectivity index (χ2n) is 11.2. The Morgan fingerprint density at radius 1 is 0.674 bits per heavy atom. The number of esters is 1. The number of aliphatic carboxylic acids is 1. The summed E-state index contributed by atoms with van der Waals surface area (Å²) in [4.78, 5) is 47.1. The molecule has 0 aromatic rings. The van der Waals surface area contributed by atoms with Crippen LogP contribution in [0.25, 0.3) is 0 Å². The predicted molar refractivity (Wildman–Crippen MR) is 185 cm³/mol. The lowest BCUT2D eigenvalue weighted by atomic mass is 10.0. The number of carboxylic acids is 1. The lowest BCUT2D eigenvalue weighted by Crippen LogP contribution is -2.47. The number of aliphatic hydroxyl groups is 1. The molecule has 0 radical (unpaired) electrons. The van der Waals surface area contributed by atoms with Gasteiger partial charge in [0.05, 0.1) is 13.2 Å². The third-order valence-electron chi connectivity index (χ3n) is 7.03. The summed E-state index contributed by atoms with van der Waals surface area (Å²) in [6.45, 7) is 3.20. The van der Waals surface area contributed by atoms with Crippen molar-refractivity contribution in [1.82, 2.24) is 10.6 Å². The number of hydrogen-bond acceptors (Lipinski definition) is 6. The molecule has 46 heavy (non-hydrogen) atoms. The Balaban J connectivity index is 4.14. The largest absolute Gasteiger partial charge is 0.480 e. The molecule has 0 fully saturated rings. The molecule has 0 rings (SSSR count). The van der Waals surface area contributed by atoms with E-state index in [4.69, 9.17) is 14.9 Å².